The average Bonchev–Trinajstić information content (AvgIpc) is 2.74. The summed E-state index contributed by atoms with van der Waals surface area (Å²) in [6.07, 6.45) is 1.09. The summed E-state index contributed by atoms with van der Waals surface area (Å²) in [7, 11) is -3.75. The second-order valence-electron chi connectivity index (χ2n) is 9.39. The van der Waals surface area contributed by atoms with E-state index in [2.05, 4.69) is 5.32 Å². The van der Waals surface area contributed by atoms with Crippen molar-refractivity contribution in [3.05, 3.63) is 64.7 Å². The Morgan fingerprint density at radius 1 is 0.971 bits per heavy atom. The van der Waals surface area contributed by atoms with Gasteiger partial charge >= 0.3 is 0 Å². The van der Waals surface area contributed by atoms with Gasteiger partial charge in [-0.3, -0.25) is 13.9 Å². The number of benzene rings is 2. The first kappa shape index (κ1) is 27.4. The highest BCUT2D eigenvalue weighted by Gasteiger charge is 2.30. The third-order valence-electron chi connectivity index (χ3n) is 5.60. The molecule has 0 saturated heterocycles. The highest BCUT2D eigenvalue weighted by atomic mass is 32.2. The van der Waals surface area contributed by atoms with Crippen molar-refractivity contribution in [1.29, 1.82) is 0 Å². The van der Waals surface area contributed by atoms with Crippen molar-refractivity contribution >= 4 is 27.5 Å². The van der Waals surface area contributed by atoms with E-state index >= 15 is 0 Å². The third kappa shape index (κ3) is 7.58. The maximum absolute atomic E-state index is 13.6. The summed E-state index contributed by atoms with van der Waals surface area (Å²) < 4.78 is 26.6. The van der Waals surface area contributed by atoms with Crippen LogP contribution < -0.4 is 9.62 Å². The number of rotatable bonds is 10. The first-order valence-corrected chi connectivity index (χ1v) is 13.3. The molecule has 2 amide bonds. The van der Waals surface area contributed by atoms with Gasteiger partial charge in [-0.25, -0.2) is 8.42 Å². The molecule has 1 N–H and O–H groups in total. The van der Waals surface area contributed by atoms with Gasteiger partial charge in [0.25, 0.3) is 0 Å². The summed E-state index contributed by atoms with van der Waals surface area (Å²) >= 11 is 0. The van der Waals surface area contributed by atoms with Gasteiger partial charge in [0.15, 0.2) is 0 Å². The lowest BCUT2D eigenvalue weighted by atomic mass is 10.1. The number of carbonyl (C=O) groups excluding carboxylic acids is 2. The minimum atomic E-state index is -3.75. The van der Waals surface area contributed by atoms with Crippen molar-refractivity contribution in [2.75, 3.05) is 23.7 Å². The molecule has 186 valence electrons. The summed E-state index contributed by atoms with van der Waals surface area (Å²) in [5.74, 6) is -0.450. The monoisotopic (exact) mass is 487 g/mol. The molecular formula is C26H37N3O4S. The number of hydrogen-bond acceptors (Lipinski definition) is 4. The normalized spacial score (nSPS) is 12.4. The van der Waals surface area contributed by atoms with Gasteiger partial charge in [-0.2, -0.15) is 0 Å². The molecule has 0 saturated carbocycles. The van der Waals surface area contributed by atoms with E-state index in [1.165, 1.54) is 4.90 Å². The van der Waals surface area contributed by atoms with Crippen LogP contribution in [0.1, 0.15) is 43.0 Å². The minimum Gasteiger partial charge on any atom is -0.354 e. The van der Waals surface area contributed by atoms with Crippen molar-refractivity contribution in [2.45, 2.75) is 54.1 Å². The van der Waals surface area contributed by atoms with Gasteiger partial charge in [0, 0.05) is 13.1 Å². The number of aryl methyl sites for hydroxylation is 3. The van der Waals surface area contributed by atoms with E-state index in [0.29, 0.717) is 12.2 Å². The Morgan fingerprint density at radius 2 is 1.62 bits per heavy atom. The minimum absolute atomic E-state index is 0.196. The molecule has 2 rings (SSSR count). The van der Waals surface area contributed by atoms with Gasteiger partial charge < -0.3 is 10.2 Å². The maximum atomic E-state index is 13.6. The van der Waals surface area contributed by atoms with Crippen LogP contribution in [0.4, 0.5) is 5.69 Å². The van der Waals surface area contributed by atoms with E-state index in [1.807, 2.05) is 71.0 Å². The Balaban J connectivity index is 2.41. The van der Waals surface area contributed by atoms with Crippen LogP contribution in [-0.2, 0) is 26.2 Å². The van der Waals surface area contributed by atoms with Crippen molar-refractivity contribution in [3.63, 3.8) is 0 Å². The molecule has 34 heavy (non-hydrogen) atoms. The number of nitrogens with zero attached hydrogens (tertiary/aromatic N) is 2. The highest BCUT2D eigenvalue weighted by Crippen LogP contribution is 2.24. The largest absolute Gasteiger partial charge is 0.354 e. The molecule has 1 atom stereocenters. The van der Waals surface area contributed by atoms with Crippen LogP contribution in [0.2, 0.25) is 0 Å². The van der Waals surface area contributed by atoms with E-state index in [9.17, 15) is 18.0 Å². The van der Waals surface area contributed by atoms with Crippen LogP contribution in [0.25, 0.3) is 0 Å². The Labute approximate surface area is 204 Å². The summed E-state index contributed by atoms with van der Waals surface area (Å²) in [4.78, 5) is 27.9. The molecule has 0 aliphatic heterocycles. The first-order chi connectivity index (χ1) is 15.8. The molecule has 0 unspecified atom stereocenters. The molecule has 0 aromatic heterocycles. The van der Waals surface area contributed by atoms with Crippen molar-refractivity contribution in [3.8, 4) is 0 Å². The summed E-state index contributed by atoms with van der Waals surface area (Å²) in [6, 6.07) is 12.4. The zero-order chi connectivity index (χ0) is 25.6. The Hall–Kier alpha value is -2.87. The van der Waals surface area contributed by atoms with Gasteiger partial charge in [0.1, 0.15) is 12.6 Å². The van der Waals surface area contributed by atoms with E-state index in [1.54, 1.807) is 13.0 Å². The van der Waals surface area contributed by atoms with Crippen molar-refractivity contribution < 1.29 is 18.0 Å². The molecule has 0 spiro atoms. The lowest BCUT2D eigenvalue weighted by Crippen LogP contribution is -2.51. The highest BCUT2D eigenvalue weighted by molar-refractivity contribution is 7.92. The van der Waals surface area contributed by atoms with Gasteiger partial charge in [-0.1, -0.05) is 55.8 Å². The van der Waals surface area contributed by atoms with E-state index in [-0.39, 0.29) is 18.4 Å². The van der Waals surface area contributed by atoms with Crippen LogP contribution in [0.5, 0.6) is 0 Å². The average molecular weight is 488 g/mol. The van der Waals surface area contributed by atoms with Gasteiger partial charge in [-0.05, 0) is 56.4 Å². The van der Waals surface area contributed by atoms with Crippen LogP contribution in [-0.4, -0.2) is 50.5 Å². The zero-order valence-corrected chi connectivity index (χ0v) is 22.1. The molecule has 0 aliphatic carbocycles. The molecule has 0 heterocycles. The van der Waals surface area contributed by atoms with Crippen LogP contribution in [0.15, 0.2) is 42.5 Å². The Morgan fingerprint density at radius 3 is 2.21 bits per heavy atom. The lowest BCUT2D eigenvalue weighted by molar-refractivity contribution is -0.139. The molecule has 0 aliphatic rings. The van der Waals surface area contributed by atoms with E-state index < -0.39 is 28.5 Å². The van der Waals surface area contributed by atoms with Crippen LogP contribution in [0, 0.1) is 26.7 Å². The molecule has 2 aromatic rings. The zero-order valence-electron chi connectivity index (χ0n) is 21.3. The van der Waals surface area contributed by atoms with Gasteiger partial charge in [0.05, 0.1) is 11.9 Å². The molecule has 8 heteroatoms. The lowest BCUT2D eigenvalue weighted by Gasteiger charge is -2.32. The van der Waals surface area contributed by atoms with Crippen molar-refractivity contribution in [1.82, 2.24) is 10.2 Å². The summed E-state index contributed by atoms with van der Waals surface area (Å²) in [5.41, 5.74) is 4.00. The number of hydrogen-bond donors (Lipinski definition) is 1. The van der Waals surface area contributed by atoms with Crippen LogP contribution >= 0.6 is 0 Å². The molecule has 0 bridgehead atoms. The first-order valence-electron chi connectivity index (χ1n) is 11.5. The van der Waals surface area contributed by atoms with E-state index in [0.717, 1.165) is 32.8 Å². The van der Waals surface area contributed by atoms with Crippen LogP contribution in [0.3, 0.4) is 0 Å². The fraction of sp³-hybridized carbons (Fsp3) is 0.462. The third-order valence-corrected chi connectivity index (χ3v) is 6.73. The van der Waals surface area contributed by atoms with E-state index in [4.69, 9.17) is 0 Å². The van der Waals surface area contributed by atoms with Gasteiger partial charge in [-0.15, -0.1) is 0 Å². The summed E-state index contributed by atoms with van der Waals surface area (Å²) in [5, 5.41) is 2.88. The molecule has 0 fully saturated rings. The summed E-state index contributed by atoms with van der Waals surface area (Å²) in [6.45, 7) is 11.6. The molecular weight excluding hydrogens is 450 g/mol. The second kappa shape index (κ2) is 11.5. The number of nitrogens with one attached hydrogen (secondary N) is 1. The predicted octanol–water partition coefficient (Wildman–Crippen LogP) is 3.57. The predicted molar refractivity (Wildman–Crippen MR) is 137 cm³/mol. The number of sulfonamides is 1. The smallest absolute Gasteiger partial charge is 0.244 e. The topological polar surface area (TPSA) is 86.8 Å². The van der Waals surface area contributed by atoms with Crippen molar-refractivity contribution in [2.24, 2.45) is 5.92 Å². The molecule has 2 aromatic carbocycles. The Kier molecular flexibility index (Phi) is 9.27. The molecule has 0 radical (unpaired) electrons. The Bertz CT molecular complexity index is 1130. The SMILES string of the molecule is Cc1cccc(CN(C(=O)CN(c2cc(C)ccc2C)S(C)(=O)=O)[C@@H](C)C(=O)NCC(C)C)c1. The standard InChI is InChI=1S/C26H37N3O4S/c1-18(2)15-27-26(31)22(6)28(16-23-10-8-9-19(3)13-23)25(30)17-29(34(7,32)33)24-14-20(4)11-12-21(24)5/h8-14,18,22H,15-17H2,1-7H3,(H,27,31)/t22-/m0/s1. The fourth-order valence-corrected chi connectivity index (χ4v) is 4.52. The number of carbonyl (C=O) groups is 2. The quantitative estimate of drug-likeness (QED) is 0.555. The second-order valence-corrected chi connectivity index (χ2v) is 11.3. The maximum Gasteiger partial charge on any atom is 0.244 e. The van der Waals surface area contributed by atoms with Gasteiger partial charge in [0.2, 0.25) is 21.8 Å². The number of anilines is 1. The fourth-order valence-electron chi connectivity index (χ4n) is 3.63. The molecule has 7 nitrogen and oxygen atoms in total. The number of amides is 2.